The second-order valence-electron chi connectivity index (χ2n) is 3.81. The molecule has 0 aliphatic rings. The Balaban J connectivity index is 4.23. The summed E-state index contributed by atoms with van der Waals surface area (Å²) in [6, 6.07) is 0. The first-order chi connectivity index (χ1) is 6.34. The predicted octanol–water partition coefficient (Wildman–Crippen LogP) is 2.53. The highest BCUT2D eigenvalue weighted by Crippen LogP contribution is 2.11. The molecule has 0 aromatic rings. The molecule has 0 saturated heterocycles. The average Bonchev–Trinajstić information content (AvgIpc) is 2.01. The van der Waals surface area contributed by atoms with Gasteiger partial charge in [-0.2, -0.15) is 0 Å². The van der Waals surface area contributed by atoms with Crippen LogP contribution in [0, 0.1) is 11.8 Å². The van der Waals surface area contributed by atoms with Gasteiger partial charge in [-0.05, 0) is 12.2 Å². The van der Waals surface area contributed by atoms with Gasteiger partial charge in [0.15, 0.2) is 5.05 Å². The number of rotatable bonds is 4. The standard InChI is InChI=1S/C10H18O3S/c1-6(2)9(11)13-10(7(3)4)12-8(5)14/h6-7,10H,1-5H3/t10-/m1/s1. The fourth-order valence-electron chi connectivity index (χ4n) is 0.710. The molecule has 0 rings (SSSR count). The molecule has 0 aromatic heterocycles. The molecule has 0 aliphatic heterocycles. The zero-order chi connectivity index (χ0) is 11.3. The van der Waals surface area contributed by atoms with E-state index in [1.165, 1.54) is 0 Å². The van der Waals surface area contributed by atoms with Crippen molar-refractivity contribution in [2.75, 3.05) is 0 Å². The lowest BCUT2D eigenvalue weighted by Gasteiger charge is -2.22. The zero-order valence-corrected chi connectivity index (χ0v) is 10.2. The maximum Gasteiger partial charge on any atom is 0.311 e. The highest BCUT2D eigenvalue weighted by molar-refractivity contribution is 7.80. The van der Waals surface area contributed by atoms with Crippen LogP contribution in [0.5, 0.6) is 0 Å². The molecule has 0 aromatic carbocycles. The Morgan fingerprint density at radius 1 is 1.14 bits per heavy atom. The molecule has 0 N–H and O–H groups in total. The van der Waals surface area contributed by atoms with Gasteiger partial charge in [-0.3, -0.25) is 4.79 Å². The third-order valence-corrected chi connectivity index (χ3v) is 1.63. The van der Waals surface area contributed by atoms with Crippen molar-refractivity contribution in [3.8, 4) is 0 Å². The van der Waals surface area contributed by atoms with Crippen LogP contribution in [0.15, 0.2) is 0 Å². The fraction of sp³-hybridized carbons (Fsp3) is 0.800. The second-order valence-corrected chi connectivity index (χ2v) is 4.39. The van der Waals surface area contributed by atoms with E-state index >= 15 is 0 Å². The summed E-state index contributed by atoms with van der Waals surface area (Å²) in [5, 5.41) is 0.389. The van der Waals surface area contributed by atoms with Crippen LogP contribution in [0.4, 0.5) is 0 Å². The summed E-state index contributed by atoms with van der Waals surface area (Å²) in [5.74, 6) is -0.319. The summed E-state index contributed by atoms with van der Waals surface area (Å²) >= 11 is 4.80. The van der Waals surface area contributed by atoms with E-state index in [2.05, 4.69) is 0 Å². The highest BCUT2D eigenvalue weighted by Gasteiger charge is 2.21. The first-order valence-corrected chi connectivity index (χ1v) is 5.13. The van der Waals surface area contributed by atoms with Crippen LogP contribution < -0.4 is 0 Å². The first-order valence-electron chi connectivity index (χ1n) is 4.72. The van der Waals surface area contributed by atoms with Crippen LogP contribution in [-0.4, -0.2) is 17.3 Å². The molecule has 0 heterocycles. The normalized spacial score (nSPS) is 12.8. The van der Waals surface area contributed by atoms with Crippen molar-refractivity contribution >= 4 is 23.2 Å². The van der Waals surface area contributed by atoms with Gasteiger partial charge < -0.3 is 9.47 Å². The maximum absolute atomic E-state index is 11.3. The highest BCUT2D eigenvalue weighted by atomic mass is 32.1. The minimum atomic E-state index is -0.567. The Hall–Kier alpha value is -0.640. The quantitative estimate of drug-likeness (QED) is 0.412. The Morgan fingerprint density at radius 3 is 1.93 bits per heavy atom. The van der Waals surface area contributed by atoms with Crippen LogP contribution in [0.1, 0.15) is 34.6 Å². The fourth-order valence-corrected chi connectivity index (χ4v) is 0.805. The summed E-state index contributed by atoms with van der Waals surface area (Å²) in [4.78, 5) is 11.3. The summed E-state index contributed by atoms with van der Waals surface area (Å²) in [7, 11) is 0. The molecule has 82 valence electrons. The molecular weight excluding hydrogens is 200 g/mol. The van der Waals surface area contributed by atoms with Gasteiger partial charge in [0, 0.05) is 12.8 Å². The molecule has 14 heavy (non-hydrogen) atoms. The molecule has 3 nitrogen and oxygen atoms in total. The van der Waals surface area contributed by atoms with E-state index in [4.69, 9.17) is 21.7 Å². The van der Waals surface area contributed by atoms with Crippen molar-refractivity contribution < 1.29 is 14.3 Å². The van der Waals surface area contributed by atoms with Gasteiger partial charge in [-0.25, -0.2) is 0 Å². The van der Waals surface area contributed by atoms with Crippen LogP contribution >= 0.6 is 12.2 Å². The molecule has 0 amide bonds. The average molecular weight is 218 g/mol. The van der Waals surface area contributed by atoms with Crippen LogP contribution in [0.25, 0.3) is 0 Å². The molecule has 0 saturated carbocycles. The number of hydrogen-bond donors (Lipinski definition) is 0. The number of hydrogen-bond acceptors (Lipinski definition) is 4. The lowest BCUT2D eigenvalue weighted by molar-refractivity contribution is -0.175. The van der Waals surface area contributed by atoms with E-state index in [0.29, 0.717) is 5.05 Å². The van der Waals surface area contributed by atoms with Crippen LogP contribution in [0.3, 0.4) is 0 Å². The second kappa shape index (κ2) is 5.96. The zero-order valence-electron chi connectivity index (χ0n) is 9.37. The van der Waals surface area contributed by atoms with Crippen molar-refractivity contribution in [3.05, 3.63) is 0 Å². The molecule has 0 radical (unpaired) electrons. The number of carbonyl (C=O) groups excluding carboxylic acids is 1. The van der Waals surface area contributed by atoms with E-state index in [9.17, 15) is 4.79 Å². The lowest BCUT2D eigenvalue weighted by atomic mass is 10.2. The largest absolute Gasteiger partial charge is 0.448 e. The van der Waals surface area contributed by atoms with Crippen LogP contribution in [-0.2, 0) is 14.3 Å². The molecule has 0 spiro atoms. The molecule has 4 heteroatoms. The molecular formula is C10H18O3S. The van der Waals surface area contributed by atoms with Gasteiger partial charge in [-0.1, -0.05) is 27.7 Å². The SMILES string of the molecule is CC(=S)O[C@H](OC(=O)C(C)C)C(C)C. The van der Waals surface area contributed by atoms with Gasteiger partial charge >= 0.3 is 5.97 Å². The van der Waals surface area contributed by atoms with Crippen molar-refractivity contribution in [1.82, 2.24) is 0 Å². The van der Waals surface area contributed by atoms with E-state index in [1.54, 1.807) is 20.8 Å². The third-order valence-electron chi connectivity index (χ3n) is 1.53. The van der Waals surface area contributed by atoms with E-state index in [-0.39, 0.29) is 17.8 Å². The summed E-state index contributed by atoms with van der Waals surface area (Å²) in [5.41, 5.74) is 0. The molecule has 0 bridgehead atoms. The van der Waals surface area contributed by atoms with Crippen LogP contribution in [0.2, 0.25) is 0 Å². The smallest absolute Gasteiger partial charge is 0.311 e. The minimum absolute atomic E-state index is 0.0931. The third kappa shape index (κ3) is 5.17. The minimum Gasteiger partial charge on any atom is -0.448 e. The Bertz CT molecular complexity index is 211. The van der Waals surface area contributed by atoms with E-state index in [0.717, 1.165) is 0 Å². The monoisotopic (exact) mass is 218 g/mol. The predicted molar refractivity (Wildman–Crippen MR) is 58.9 cm³/mol. The van der Waals surface area contributed by atoms with E-state index in [1.807, 2.05) is 13.8 Å². The van der Waals surface area contributed by atoms with Gasteiger partial charge in [0.25, 0.3) is 0 Å². The maximum atomic E-state index is 11.3. The Kier molecular flexibility index (Phi) is 5.69. The summed E-state index contributed by atoms with van der Waals surface area (Å²) in [6.45, 7) is 9.05. The summed E-state index contributed by atoms with van der Waals surface area (Å²) in [6.07, 6.45) is -0.567. The topological polar surface area (TPSA) is 35.5 Å². The van der Waals surface area contributed by atoms with Crippen molar-refractivity contribution in [1.29, 1.82) is 0 Å². The Morgan fingerprint density at radius 2 is 1.64 bits per heavy atom. The lowest BCUT2D eigenvalue weighted by Crippen LogP contribution is -2.29. The van der Waals surface area contributed by atoms with Crippen molar-refractivity contribution in [3.63, 3.8) is 0 Å². The first kappa shape index (κ1) is 13.4. The molecule has 0 unspecified atom stereocenters. The molecule has 0 fully saturated rings. The van der Waals surface area contributed by atoms with Crippen molar-refractivity contribution in [2.24, 2.45) is 11.8 Å². The van der Waals surface area contributed by atoms with Gasteiger partial charge in [-0.15, -0.1) is 0 Å². The number of thiocarbonyl (C=S) groups is 1. The summed E-state index contributed by atoms with van der Waals surface area (Å²) < 4.78 is 10.4. The van der Waals surface area contributed by atoms with Gasteiger partial charge in [0.2, 0.25) is 6.29 Å². The number of esters is 1. The molecule has 0 aliphatic carbocycles. The van der Waals surface area contributed by atoms with E-state index < -0.39 is 6.29 Å². The van der Waals surface area contributed by atoms with Crippen molar-refractivity contribution in [2.45, 2.75) is 40.9 Å². The molecule has 1 atom stereocenters. The number of carbonyl (C=O) groups is 1. The Labute approximate surface area is 90.8 Å². The number of ether oxygens (including phenoxy) is 2. The van der Waals surface area contributed by atoms with Gasteiger partial charge in [0.05, 0.1) is 5.92 Å². The van der Waals surface area contributed by atoms with Gasteiger partial charge in [0.1, 0.15) is 0 Å².